The predicted molar refractivity (Wildman–Crippen MR) is 88.1 cm³/mol. The van der Waals surface area contributed by atoms with Crippen LogP contribution in [0.1, 0.15) is 24.3 Å². The van der Waals surface area contributed by atoms with Gasteiger partial charge in [-0.3, -0.25) is 0 Å². The molecule has 1 N–H and O–H groups in total. The Morgan fingerprint density at radius 3 is 2.50 bits per heavy atom. The minimum Gasteiger partial charge on any atom is -0.360 e. The molecule has 1 aliphatic heterocycles. The fraction of sp³-hybridized carbons (Fsp3) is 0.533. The van der Waals surface area contributed by atoms with E-state index in [4.69, 9.17) is 4.52 Å². The van der Waals surface area contributed by atoms with E-state index in [9.17, 15) is 8.42 Å². The van der Waals surface area contributed by atoms with Gasteiger partial charge in [0.1, 0.15) is 10.6 Å². The summed E-state index contributed by atoms with van der Waals surface area (Å²) >= 11 is 0. The number of nitrogens with one attached hydrogen (secondary N) is 1. The second-order valence-electron chi connectivity index (χ2n) is 5.98. The molecule has 0 radical (unpaired) electrons. The van der Waals surface area contributed by atoms with Crippen LogP contribution in [0.3, 0.4) is 0 Å². The number of sulfonamides is 1. The molecule has 0 amide bonds. The van der Waals surface area contributed by atoms with Crippen molar-refractivity contribution in [2.24, 2.45) is 5.92 Å². The second-order valence-corrected chi connectivity index (χ2v) is 7.69. The van der Waals surface area contributed by atoms with Crippen molar-refractivity contribution in [2.45, 2.75) is 31.6 Å². The van der Waals surface area contributed by atoms with Crippen LogP contribution in [0.2, 0.25) is 0 Å². The van der Waals surface area contributed by atoms with Gasteiger partial charge in [-0.15, -0.1) is 0 Å². The molecule has 0 unspecified atom stereocenters. The number of aryl methyl sites for hydroxylation is 2. The average Bonchev–Trinajstić information content (AvgIpc) is 2.94. The molecule has 1 saturated heterocycles. The van der Waals surface area contributed by atoms with Gasteiger partial charge in [0.15, 0.2) is 5.76 Å². The summed E-state index contributed by atoms with van der Waals surface area (Å²) in [5.74, 6) is 1.34. The van der Waals surface area contributed by atoms with Gasteiger partial charge in [-0.25, -0.2) is 23.1 Å². The van der Waals surface area contributed by atoms with Gasteiger partial charge in [0.2, 0.25) is 16.0 Å². The van der Waals surface area contributed by atoms with E-state index in [2.05, 4.69) is 24.7 Å². The van der Waals surface area contributed by atoms with Crippen LogP contribution in [0.5, 0.6) is 0 Å². The first-order valence-electron chi connectivity index (χ1n) is 7.92. The molecule has 0 bridgehead atoms. The van der Waals surface area contributed by atoms with Crippen LogP contribution in [0.4, 0.5) is 5.95 Å². The van der Waals surface area contributed by atoms with Crippen molar-refractivity contribution in [1.29, 1.82) is 0 Å². The van der Waals surface area contributed by atoms with Crippen LogP contribution < -0.4 is 9.62 Å². The van der Waals surface area contributed by atoms with E-state index in [1.54, 1.807) is 32.3 Å². The zero-order valence-corrected chi connectivity index (χ0v) is 14.6. The number of piperidine rings is 1. The van der Waals surface area contributed by atoms with Crippen LogP contribution in [-0.4, -0.2) is 43.2 Å². The fourth-order valence-electron chi connectivity index (χ4n) is 2.95. The predicted octanol–water partition coefficient (Wildman–Crippen LogP) is 1.28. The van der Waals surface area contributed by atoms with E-state index in [0.29, 0.717) is 23.9 Å². The van der Waals surface area contributed by atoms with Gasteiger partial charge in [0.25, 0.3) is 0 Å². The molecule has 0 atom stereocenters. The maximum atomic E-state index is 12.4. The summed E-state index contributed by atoms with van der Waals surface area (Å²) in [6.07, 6.45) is 5.24. The third-order valence-corrected chi connectivity index (χ3v) is 5.92. The lowest BCUT2D eigenvalue weighted by atomic mass is 9.97. The van der Waals surface area contributed by atoms with Gasteiger partial charge in [-0.05, 0) is 38.7 Å². The third kappa shape index (κ3) is 3.57. The van der Waals surface area contributed by atoms with Gasteiger partial charge in [0, 0.05) is 32.0 Å². The van der Waals surface area contributed by atoms with E-state index in [0.717, 1.165) is 31.9 Å². The lowest BCUT2D eigenvalue weighted by molar-refractivity contribution is 0.389. The summed E-state index contributed by atoms with van der Waals surface area (Å²) in [5, 5.41) is 3.71. The number of aromatic nitrogens is 3. The van der Waals surface area contributed by atoms with E-state index in [1.165, 1.54) is 0 Å². The Labute approximate surface area is 141 Å². The first-order valence-corrected chi connectivity index (χ1v) is 9.40. The maximum Gasteiger partial charge on any atom is 0.245 e. The standard InChI is InChI=1S/C15H21N5O3S/c1-11-14(12(2)23-19-11)24(21,22)18-10-13-4-8-20(9-5-13)15-16-6-3-7-17-15/h3,6-7,13,18H,4-5,8-10H2,1-2H3. The maximum absolute atomic E-state index is 12.4. The Bertz CT molecular complexity index is 763. The molecule has 9 heteroatoms. The largest absolute Gasteiger partial charge is 0.360 e. The van der Waals surface area contributed by atoms with E-state index in [-0.39, 0.29) is 4.90 Å². The highest BCUT2D eigenvalue weighted by atomic mass is 32.2. The van der Waals surface area contributed by atoms with Crippen molar-refractivity contribution in [3.8, 4) is 0 Å². The first kappa shape index (κ1) is 16.8. The number of hydrogen-bond donors (Lipinski definition) is 1. The molecule has 0 spiro atoms. The quantitative estimate of drug-likeness (QED) is 0.865. The van der Waals surface area contributed by atoms with E-state index >= 15 is 0 Å². The van der Waals surface area contributed by atoms with Gasteiger partial charge < -0.3 is 9.42 Å². The molecule has 1 aliphatic rings. The molecule has 3 heterocycles. The topological polar surface area (TPSA) is 101 Å². The number of hydrogen-bond acceptors (Lipinski definition) is 7. The minimum atomic E-state index is -3.59. The second kappa shape index (κ2) is 6.86. The SMILES string of the molecule is Cc1noc(C)c1S(=O)(=O)NCC1CCN(c2ncccn2)CC1. The fourth-order valence-corrected chi connectivity index (χ4v) is 4.39. The van der Waals surface area contributed by atoms with Crippen molar-refractivity contribution in [1.82, 2.24) is 19.8 Å². The Balaban J connectivity index is 1.55. The molecule has 2 aromatic rings. The summed E-state index contributed by atoms with van der Waals surface area (Å²) in [7, 11) is -3.59. The lowest BCUT2D eigenvalue weighted by Crippen LogP contribution is -2.39. The number of nitrogens with zero attached hydrogens (tertiary/aromatic N) is 4. The van der Waals surface area contributed by atoms with Crippen LogP contribution in [0, 0.1) is 19.8 Å². The van der Waals surface area contributed by atoms with Crippen LogP contribution in [0.25, 0.3) is 0 Å². The summed E-state index contributed by atoms with van der Waals surface area (Å²) in [6.45, 7) is 5.29. The van der Waals surface area contributed by atoms with Gasteiger partial charge in [0.05, 0.1) is 0 Å². The number of rotatable bonds is 5. The van der Waals surface area contributed by atoms with Crippen molar-refractivity contribution >= 4 is 16.0 Å². The van der Waals surface area contributed by atoms with Gasteiger partial charge >= 0.3 is 0 Å². The molecule has 24 heavy (non-hydrogen) atoms. The Hall–Kier alpha value is -2.00. The lowest BCUT2D eigenvalue weighted by Gasteiger charge is -2.31. The molecule has 0 aliphatic carbocycles. The molecule has 0 saturated carbocycles. The summed E-state index contributed by atoms with van der Waals surface area (Å²) in [6, 6.07) is 1.79. The molecule has 8 nitrogen and oxygen atoms in total. The highest BCUT2D eigenvalue weighted by Gasteiger charge is 2.26. The molecular weight excluding hydrogens is 330 g/mol. The van der Waals surface area contributed by atoms with Crippen molar-refractivity contribution in [3.63, 3.8) is 0 Å². The van der Waals surface area contributed by atoms with Gasteiger partial charge in [-0.2, -0.15) is 0 Å². The Morgan fingerprint density at radius 1 is 1.25 bits per heavy atom. The van der Waals surface area contributed by atoms with E-state index < -0.39 is 10.0 Å². The van der Waals surface area contributed by atoms with Crippen molar-refractivity contribution < 1.29 is 12.9 Å². The van der Waals surface area contributed by atoms with Crippen molar-refractivity contribution in [2.75, 3.05) is 24.5 Å². The molecular formula is C15H21N5O3S. The Morgan fingerprint density at radius 2 is 1.92 bits per heavy atom. The summed E-state index contributed by atoms with van der Waals surface area (Å²) in [5.41, 5.74) is 0.385. The smallest absolute Gasteiger partial charge is 0.245 e. The normalized spacial score (nSPS) is 16.5. The highest BCUT2D eigenvalue weighted by molar-refractivity contribution is 7.89. The van der Waals surface area contributed by atoms with Crippen LogP contribution in [0.15, 0.2) is 27.9 Å². The highest BCUT2D eigenvalue weighted by Crippen LogP contribution is 2.22. The molecule has 0 aromatic carbocycles. The Kier molecular flexibility index (Phi) is 4.81. The van der Waals surface area contributed by atoms with E-state index in [1.807, 2.05) is 0 Å². The zero-order valence-electron chi connectivity index (χ0n) is 13.8. The molecule has 2 aromatic heterocycles. The summed E-state index contributed by atoms with van der Waals surface area (Å²) in [4.78, 5) is 10.8. The van der Waals surface area contributed by atoms with Crippen LogP contribution in [-0.2, 0) is 10.0 Å². The third-order valence-electron chi connectivity index (χ3n) is 4.25. The van der Waals surface area contributed by atoms with Gasteiger partial charge in [-0.1, -0.05) is 5.16 Å². The zero-order chi connectivity index (χ0) is 17.2. The number of anilines is 1. The monoisotopic (exact) mass is 351 g/mol. The first-order chi connectivity index (χ1) is 11.5. The molecule has 130 valence electrons. The molecule has 3 rings (SSSR count). The molecule has 1 fully saturated rings. The van der Waals surface area contributed by atoms with Crippen LogP contribution >= 0.6 is 0 Å². The average molecular weight is 351 g/mol. The van der Waals surface area contributed by atoms with Crippen molar-refractivity contribution in [3.05, 3.63) is 29.9 Å². The summed E-state index contributed by atoms with van der Waals surface area (Å²) < 4.78 is 32.5. The minimum absolute atomic E-state index is 0.151.